The number of hydrogen-bond acceptors (Lipinski definition) is 3. The van der Waals surface area contributed by atoms with Crippen LogP contribution >= 0.6 is 0 Å². The fourth-order valence-electron chi connectivity index (χ4n) is 1.47. The van der Waals surface area contributed by atoms with Crippen LogP contribution in [0.2, 0.25) is 0 Å². The predicted octanol–water partition coefficient (Wildman–Crippen LogP) is -0.0873. The van der Waals surface area contributed by atoms with Gasteiger partial charge in [-0.05, 0) is 5.92 Å². The van der Waals surface area contributed by atoms with Crippen LogP contribution in [0.25, 0.3) is 0 Å². The third kappa shape index (κ3) is 1.97. The second-order valence-corrected chi connectivity index (χ2v) is 5.31. The lowest BCUT2D eigenvalue weighted by molar-refractivity contribution is 0.0870. The van der Waals surface area contributed by atoms with Crippen molar-refractivity contribution in [3.05, 3.63) is 0 Å². The van der Waals surface area contributed by atoms with E-state index in [4.69, 9.17) is 4.74 Å². The molecule has 2 unspecified atom stereocenters. The molecule has 0 aliphatic carbocycles. The van der Waals surface area contributed by atoms with Crippen molar-refractivity contribution in [2.45, 2.75) is 13.0 Å². The molecule has 72 valence electrons. The van der Waals surface area contributed by atoms with E-state index in [1.54, 1.807) is 7.11 Å². The summed E-state index contributed by atoms with van der Waals surface area (Å²) >= 11 is 0. The van der Waals surface area contributed by atoms with Crippen molar-refractivity contribution in [1.82, 2.24) is 4.31 Å². The first-order valence-corrected chi connectivity index (χ1v) is 5.78. The van der Waals surface area contributed by atoms with Crippen molar-refractivity contribution < 1.29 is 13.2 Å². The molecule has 1 heterocycles. The third-order valence-corrected chi connectivity index (χ3v) is 3.52. The molecular weight excluding hydrogens is 178 g/mol. The van der Waals surface area contributed by atoms with Gasteiger partial charge in [0.25, 0.3) is 0 Å². The van der Waals surface area contributed by atoms with Crippen LogP contribution < -0.4 is 0 Å². The summed E-state index contributed by atoms with van der Waals surface area (Å²) in [4.78, 5) is 0. The van der Waals surface area contributed by atoms with Crippen LogP contribution in [0.15, 0.2) is 0 Å². The number of rotatable bonds is 2. The highest BCUT2D eigenvalue weighted by atomic mass is 32.2. The number of sulfonamides is 1. The van der Waals surface area contributed by atoms with Crippen LogP contribution in [0, 0.1) is 5.92 Å². The zero-order valence-corrected chi connectivity index (χ0v) is 8.47. The van der Waals surface area contributed by atoms with Gasteiger partial charge < -0.3 is 4.74 Å². The summed E-state index contributed by atoms with van der Waals surface area (Å²) in [5.41, 5.74) is 0. The fourth-order valence-corrected chi connectivity index (χ4v) is 2.40. The second-order valence-electron chi connectivity index (χ2n) is 3.33. The number of nitrogens with zero attached hydrogens (tertiary/aromatic N) is 1. The Kier molecular flexibility index (Phi) is 2.75. The van der Waals surface area contributed by atoms with Crippen molar-refractivity contribution in [1.29, 1.82) is 0 Å². The van der Waals surface area contributed by atoms with E-state index >= 15 is 0 Å². The predicted molar refractivity (Wildman–Crippen MR) is 46.4 cm³/mol. The van der Waals surface area contributed by atoms with Gasteiger partial charge in [0.05, 0.1) is 12.4 Å². The molecule has 12 heavy (non-hydrogen) atoms. The summed E-state index contributed by atoms with van der Waals surface area (Å²) in [6, 6.07) is 0. The topological polar surface area (TPSA) is 46.6 Å². The molecule has 2 atom stereocenters. The zero-order chi connectivity index (χ0) is 9.35. The Morgan fingerprint density at radius 1 is 1.42 bits per heavy atom. The summed E-state index contributed by atoms with van der Waals surface area (Å²) in [6.07, 6.45) is 1.29. The molecule has 0 bridgehead atoms. The summed E-state index contributed by atoms with van der Waals surface area (Å²) in [6.45, 7) is 3.08. The summed E-state index contributed by atoms with van der Waals surface area (Å²) in [7, 11) is -1.41. The van der Waals surface area contributed by atoms with Gasteiger partial charge in [-0.3, -0.25) is 0 Å². The first-order chi connectivity index (χ1) is 5.45. The van der Waals surface area contributed by atoms with E-state index in [2.05, 4.69) is 0 Å². The molecule has 1 rings (SSSR count). The second kappa shape index (κ2) is 3.32. The monoisotopic (exact) mass is 193 g/mol. The highest BCUT2D eigenvalue weighted by molar-refractivity contribution is 7.88. The highest BCUT2D eigenvalue weighted by Gasteiger charge is 2.34. The Hall–Kier alpha value is -0.130. The van der Waals surface area contributed by atoms with Crippen LogP contribution in [-0.2, 0) is 14.8 Å². The van der Waals surface area contributed by atoms with Gasteiger partial charge >= 0.3 is 0 Å². The Labute approximate surface area is 73.6 Å². The van der Waals surface area contributed by atoms with Crippen LogP contribution in [0.5, 0.6) is 0 Å². The average Bonchev–Trinajstić information content (AvgIpc) is 2.29. The molecule has 0 aromatic rings. The Morgan fingerprint density at radius 2 is 2.00 bits per heavy atom. The van der Waals surface area contributed by atoms with Gasteiger partial charge in [0.1, 0.15) is 0 Å². The normalized spacial score (nSPS) is 32.6. The Bertz CT molecular complexity index is 249. The van der Waals surface area contributed by atoms with E-state index in [9.17, 15) is 8.42 Å². The standard InChI is InChI=1S/C7H15NO3S/c1-6-4-8(12(3,9)10)5-7(6)11-2/h6-7H,4-5H2,1-3H3. The third-order valence-electron chi connectivity index (χ3n) is 2.28. The lowest BCUT2D eigenvalue weighted by atomic mass is 10.1. The van der Waals surface area contributed by atoms with Crippen molar-refractivity contribution in [3.8, 4) is 0 Å². The maximum absolute atomic E-state index is 11.1. The van der Waals surface area contributed by atoms with E-state index in [1.165, 1.54) is 10.6 Å². The molecule has 0 saturated carbocycles. The molecule has 0 aromatic heterocycles. The average molecular weight is 193 g/mol. The van der Waals surface area contributed by atoms with Gasteiger partial charge in [0.2, 0.25) is 10.0 Å². The van der Waals surface area contributed by atoms with Gasteiger partial charge in [0, 0.05) is 20.2 Å². The van der Waals surface area contributed by atoms with E-state index in [0.717, 1.165) is 0 Å². The molecule has 5 heteroatoms. The smallest absolute Gasteiger partial charge is 0.211 e. The highest BCUT2D eigenvalue weighted by Crippen LogP contribution is 2.20. The van der Waals surface area contributed by atoms with Crippen LogP contribution in [0.1, 0.15) is 6.92 Å². The van der Waals surface area contributed by atoms with E-state index in [0.29, 0.717) is 19.0 Å². The molecule has 4 nitrogen and oxygen atoms in total. The first kappa shape index (κ1) is 9.95. The van der Waals surface area contributed by atoms with E-state index in [-0.39, 0.29) is 6.10 Å². The number of ether oxygens (including phenoxy) is 1. The fraction of sp³-hybridized carbons (Fsp3) is 1.00. The van der Waals surface area contributed by atoms with Gasteiger partial charge in [-0.15, -0.1) is 0 Å². The van der Waals surface area contributed by atoms with Crippen molar-refractivity contribution in [3.63, 3.8) is 0 Å². The molecule has 0 spiro atoms. The van der Waals surface area contributed by atoms with Crippen LogP contribution in [0.4, 0.5) is 0 Å². The quantitative estimate of drug-likeness (QED) is 0.616. The minimum atomic E-state index is -3.03. The molecule has 1 aliphatic rings. The van der Waals surface area contributed by atoms with Gasteiger partial charge in [-0.25, -0.2) is 8.42 Å². The molecule has 0 amide bonds. The lowest BCUT2D eigenvalue weighted by Crippen LogP contribution is -2.28. The largest absolute Gasteiger partial charge is 0.380 e. The van der Waals surface area contributed by atoms with Crippen molar-refractivity contribution in [2.75, 3.05) is 26.5 Å². The lowest BCUT2D eigenvalue weighted by Gasteiger charge is -2.11. The molecule has 1 aliphatic heterocycles. The Morgan fingerprint density at radius 3 is 2.25 bits per heavy atom. The Balaban J connectivity index is 2.67. The molecule has 1 saturated heterocycles. The SMILES string of the molecule is COC1CN(S(C)(=O)=O)CC1C. The minimum absolute atomic E-state index is 0.0553. The van der Waals surface area contributed by atoms with Gasteiger partial charge in [-0.1, -0.05) is 6.92 Å². The van der Waals surface area contributed by atoms with E-state index in [1.807, 2.05) is 6.92 Å². The summed E-state index contributed by atoms with van der Waals surface area (Å²) < 4.78 is 28.8. The molecule has 1 fully saturated rings. The maximum Gasteiger partial charge on any atom is 0.211 e. The first-order valence-electron chi connectivity index (χ1n) is 3.93. The molecule has 0 N–H and O–H groups in total. The summed E-state index contributed by atoms with van der Waals surface area (Å²) in [5, 5.41) is 0. The molecular formula is C7H15NO3S. The number of hydrogen-bond donors (Lipinski definition) is 0. The zero-order valence-electron chi connectivity index (χ0n) is 7.65. The van der Waals surface area contributed by atoms with Gasteiger partial charge in [-0.2, -0.15) is 4.31 Å². The van der Waals surface area contributed by atoms with Crippen molar-refractivity contribution >= 4 is 10.0 Å². The van der Waals surface area contributed by atoms with E-state index < -0.39 is 10.0 Å². The van der Waals surface area contributed by atoms with Crippen LogP contribution in [0.3, 0.4) is 0 Å². The number of methoxy groups -OCH3 is 1. The minimum Gasteiger partial charge on any atom is -0.380 e. The van der Waals surface area contributed by atoms with Crippen molar-refractivity contribution in [2.24, 2.45) is 5.92 Å². The van der Waals surface area contributed by atoms with Gasteiger partial charge in [0.15, 0.2) is 0 Å². The summed E-state index contributed by atoms with van der Waals surface area (Å²) in [5.74, 6) is 0.296. The maximum atomic E-state index is 11.1. The molecule has 0 aromatic carbocycles. The van der Waals surface area contributed by atoms with Crippen LogP contribution in [-0.4, -0.2) is 45.3 Å². The molecule has 0 radical (unpaired) electrons.